The number of carboxylic acid groups (broad SMARTS) is 1. The van der Waals surface area contributed by atoms with Gasteiger partial charge in [0, 0.05) is 11.1 Å². The lowest BCUT2D eigenvalue weighted by Gasteiger charge is -2.11. The molecule has 5 nitrogen and oxygen atoms in total. The lowest BCUT2D eigenvalue weighted by molar-refractivity contribution is -0.274. The average Bonchev–Trinajstić information content (AvgIpc) is 3.09. The van der Waals surface area contributed by atoms with E-state index in [4.69, 9.17) is 5.11 Å². The normalized spacial score (nSPS) is 11.7. The van der Waals surface area contributed by atoms with Crippen molar-refractivity contribution in [1.82, 2.24) is 9.78 Å². The van der Waals surface area contributed by atoms with Crippen LogP contribution in [-0.2, 0) is 6.54 Å². The van der Waals surface area contributed by atoms with Crippen molar-refractivity contribution in [2.75, 3.05) is 0 Å². The van der Waals surface area contributed by atoms with Crippen molar-refractivity contribution in [3.63, 3.8) is 0 Å². The summed E-state index contributed by atoms with van der Waals surface area (Å²) in [5, 5.41) is 13.0. The molecule has 170 valence electrons. The first-order valence-electron chi connectivity index (χ1n) is 9.26. The van der Waals surface area contributed by atoms with Gasteiger partial charge in [0.05, 0.1) is 23.0 Å². The Kier molecular flexibility index (Phi) is 5.48. The Morgan fingerprint density at radius 3 is 2.39 bits per heavy atom. The molecule has 1 heterocycles. The Morgan fingerprint density at radius 2 is 1.73 bits per heavy atom. The van der Waals surface area contributed by atoms with Gasteiger partial charge in [0.1, 0.15) is 28.9 Å². The van der Waals surface area contributed by atoms with Crippen LogP contribution in [0.4, 0.5) is 26.3 Å². The maximum absolute atomic E-state index is 14.7. The van der Waals surface area contributed by atoms with Crippen molar-refractivity contribution in [2.45, 2.75) is 12.9 Å². The zero-order valence-corrected chi connectivity index (χ0v) is 16.3. The highest BCUT2D eigenvalue weighted by Crippen LogP contribution is 2.33. The van der Waals surface area contributed by atoms with Crippen LogP contribution in [0.3, 0.4) is 0 Å². The van der Waals surface area contributed by atoms with Crippen LogP contribution in [0.15, 0.2) is 54.6 Å². The lowest BCUT2D eigenvalue weighted by atomic mass is 10.0. The molecule has 0 saturated carbocycles. The number of hydrogen-bond acceptors (Lipinski definition) is 3. The van der Waals surface area contributed by atoms with E-state index >= 15 is 0 Å². The number of benzene rings is 3. The van der Waals surface area contributed by atoms with Crippen molar-refractivity contribution in [3.05, 3.63) is 83.2 Å². The maximum Gasteiger partial charge on any atom is 0.573 e. The van der Waals surface area contributed by atoms with Crippen molar-refractivity contribution in [3.8, 4) is 17.0 Å². The maximum atomic E-state index is 14.7. The third-order valence-corrected chi connectivity index (χ3v) is 4.77. The fraction of sp³-hybridized carbons (Fsp3) is 0.0909. The Labute approximate surface area is 181 Å². The molecule has 0 aliphatic heterocycles. The number of nitrogens with zero attached hydrogens (tertiary/aromatic N) is 2. The number of carboxylic acids is 1. The third kappa shape index (κ3) is 4.47. The summed E-state index contributed by atoms with van der Waals surface area (Å²) in [5.41, 5.74) is -0.833. The van der Waals surface area contributed by atoms with Crippen molar-refractivity contribution >= 4 is 16.9 Å². The SMILES string of the molecule is O=C(O)c1ccc(-c2nn(Cc3cc(OC(F)(F)F)ccc3F)c3cccc(F)c23)c(F)c1. The van der Waals surface area contributed by atoms with Crippen LogP contribution < -0.4 is 4.74 Å². The molecular weight excluding hydrogens is 454 g/mol. The summed E-state index contributed by atoms with van der Waals surface area (Å²) >= 11 is 0. The van der Waals surface area contributed by atoms with E-state index in [1.807, 2.05) is 0 Å². The molecule has 0 spiro atoms. The Hall–Kier alpha value is -4.02. The van der Waals surface area contributed by atoms with Gasteiger partial charge in [-0.2, -0.15) is 5.10 Å². The van der Waals surface area contributed by atoms with Gasteiger partial charge in [0.2, 0.25) is 0 Å². The number of fused-ring (bicyclic) bond motifs is 1. The van der Waals surface area contributed by atoms with E-state index in [1.165, 1.54) is 12.1 Å². The first-order valence-corrected chi connectivity index (χ1v) is 9.26. The molecule has 0 saturated heterocycles. The molecule has 0 fully saturated rings. The quantitative estimate of drug-likeness (QED) is 0.380. The van der Waals surface area contributed by atoms with E-state index in [0.29, 0.717) is 0 Å². The fourth-order valence-electron chi connectivity index (χ4n) is 3.37. The summed E-state index contributed by atoms with van der Waals surface area (Å²) in [6, 6.07) is 9.26. The second-order valence-electron chi connectivity index (χ2n) is 6.94. The van der Waals surface area contributed by atoms with Crippen LogP contribution in [0.5, 0.6) is 5.75 Å². The van der Waals surface area contributed by atoms with E-state index in [-0.39, 0.29) is 33.3 Å². The van der Waals surface area contributed by atoms with Crippen LogP contribution in [0.2, 0.25) is 0 Å². The molecule has 3 aromatic carbocycles. The Morgan fingerprint density at radius 1 is 0.970 bits per heavy atom. The highest BCUT2D eigenvalue weighted by atomic mass is 19.4. The van der Waals surface area contributed by atoms with Gasteiger partial charge in [0.25, 0.3) is 0 Å². The topological polar surface area (TPSA) is 64.3 Å². The summed E-state index contributed by atoms with van der Waals surface area (Å²) < 4.78 is 86.1. The van der Waals surface area contributed by atoms with E-state index in [9.17, 15) is 31.1 Å². The minimum Gasteiger partial charge on any atom is -0.478 e. The predicted molar refractivity (Wildman–Crippen MR) is 104 cm³/mol. The van der Waals surface area contributed by atoms with Crippen LogP contribution in [0.1, 0.15) is 15.9 Å². The molecule has 33 heavy (non-hydrogen) atoms. The number of aromatic nitrogens is 2. The lowest BCUT2D eigenvalue weighted by Crippen LogP contribution is -2.17. The van der Waals surface area contributed by atoms with Gasteiger partial charge in [0.15, 0.2) is 0 Å². The van der Waals surface area contributed by atoms with Gasteiger partial charge >= 0.3 is 12.3 Å². The molecular formula is C22H12F6N2O3. The molecule has 11 heteroatoms. The standard InChI is InChI=1S/C22H12F6N2O3/c23-15-7-5-13(33-22(26,27)28)8-12(15)10-30-18-3-1-2-16(24)19(18)20(29-30)14-6-4-11(21(31)32)9-17(14)25/h1-9H,10H2,(H,31,32). The van der Waals surface area contributed by atoms with Gasteiger partial charge in [-0.3, -0.25) is 4.68 Å². The van der Waals surface area contributed by atoms with E-state index in [1.54, 1.807) is 0 Å². The molecule has 0 radical (unpaired) electrons. The van der Waals surface area contributed by atoms with E-state index in [2.05, 4.69) is 9.84 Å². The van der Waals surface area contributed by atoms with Crippen LogP contribution in [0, 0.1) is 17.5 Å². The minimum atomic E-state index is -4.98. The first-order chi connectivity index (χ1) is 15.5. The monoisotopic (exact) mass is 466 g/mol. The van der Waals surface area contributed by atoms with Gasteiger partial charge in [-0.05, 0) is 48.5 Å². The van der Waals surface area contributed by atoms with E-state index < -0.39 is 42.1 Å². The molecule has 0 aliphatic rings. The number of alkyl halides is 3. The molecule has 1 aromatic heterocycles. The molecule has 0 bridgehead atoms. The molecule has 0 atom stereocenters. The number of carbonyl (C=O) groups is 1. The van der Waals surface area contributed by atoms with Crippen molar-refractivity contribution in [2.24, 2.45) is 0 Å². The molecule has 4 rings (SSSR count). The van der Waals surface area contributed by atoms with Crippen molar-refractivity contribution in [1.29, 1.82) is 0 Å². The fourth-order valence-corrected chi connectivity index (χ4v) is 3.37. The highest BCUT2D eigenvalue weighted by Gasteiger charge is 2.31. The predicted octanol–water partition coefficient (Wildman–Crippen LogP) is 5.77. The molecule has 4 aromatic rings. The highest BCUT2D eigenvalue weighted by molar-refractivity contribution is 5.95. The van der Waals surface area contributed by atoms with Gasteiger partial charge in [-0.1, -0.05) is 6.07 Å². The smallest absolute Gasteiger partial charge is 0.478 e. The molecule has 0 amide bonds. The van der Waals surface area contributed by atoms with Crippen LogP contribution in [0.25, 0.3) is 22.2 Å². The number of ether oxygens (including phenoxy) is 1. The number of rotatable bonds is 5. The van der Waals surface area contributed by atoms with Gasteiger partial charge in [-0.15, -0.1) is 13.2 Å². The summed E-state index contributed by atoms with van der Waals surface area (Å²) in [5.74, 6) is -4.62. The summed E-state index contributed by atoms with van der Waals surface area (Å²) in [7, 11) is 0. The summed E-state index contributed by atoms with van der Waals surface area (Å²) in [6.07, 6.45) is -4.98. The minimum absolute atomic E-state index is 0.119. The zero-order valence-electron chi connectivity index (χ0n) is 16.3. The van der Waals surface area contributed by atoms with Crippen LogP contribution >= 0.6 is 0 Å². The number of halogens is 6. The molecule has 0 aliphatic carbocycles. The largest absolute Gasteiger partial charge is 0.573 e. The molecule has 0 unspecified atom stereocenters. The van der Waals surface area contributed by atoms with E-state index in [0.717, 1.165) is 47.1 Å². The van der Waals surface area contributed by atoms with Crippen molar-refractivity contribution < 1.29 is 41.0 Å². The Balaban J connectivity index is 1.83. The third-order valence-electron chi connectivity index (χ3n) is 4.77. The summed E-state index contributed by atoms with van der Waals surface area (Å²) in [6.45, 7) is -0.421. The number of aromatic carboxylic acids is 1. The average molecular weight is 466 g/mol. The second-order valence-corrected chi connectivity index (χ2v) is 6.94. The Bertz CT molecular complexity index is 1380. The second kappa shape index (κ2) is 8.15. The first kappa shape index (κ1) is 22.2. The number of hydrogen-bond donors (Lipinski definition) is 1. The molecule has 1 N–H and O–H groups in total. The van der Waals surface area contributed by atoms with Gasteiger partial charge < -0.3 is 9.84 Å². The summed E-state index contributed by atoms with van der Waals surface area (Å²) in [4.78, 5) is 11.1. The zero-order chi connectivity index (χ0) is 23.9. The van der Waals surface area contributed by atoms with Crippen LogP contribution in [-0.4, -0.2) is 27.2 Å². The van der Waals surface area contributed by atoms with Gasteiger partial charge in [-0.25, -0.2) is 18.0 Å².